The minimum atomic E-state index is -1.78. The second-order valence-corrected chi connectivity index (χ2v) is 25.1. The van der Waals surface area contributed by atoms with E-state index in [1.807, 2.05) is 0 Å². The standard InChI is InChI=1S/C67H94N18O16S2/c1-34(86)54(56(73)90)84-66(100)53(33-103)83-67(101)55(35(2)87)85-58(92)45(14-8-9-23-68)75-62(96)49(27-39-31-74-44-13-7-6-12-42(39)44)79-59(93)47(24-36-10-4-3-5-11-36)78-65(99)52(32-102)82-64(98)51(30-71)81-61(95)48(26-38-17-21-41(89)22-18-38)77-63(97)50(29-70)80-60(94)46(76-57(91)43(72)28-69)25-37-15-19-40(88)20-16-37/h3-7,10-13,15-22,31,34-35,43,45-55,74,86-89,102-103H,8-9,14,23-30,32-33,68-72H2,1-2H3,(H2,73,90)(H,75,96)(H,76,91)(H,77,97)(H,78,99)(H,79,93)(H,80,94)(H,81,95)(H,82,98)(H,83,101)(H,84,100)(H,85,92)/t34-,35-,43+,45+,46+,47+,48+,49-,50+,51+,52+,53+,54+,55+/m1/s1. The Morgan fingerprint density at radius 2 is 0.767 bits per heavy atom. The third-order valence-corrected chi connectivity index (χ3v) is 17.1. The van der Waals surface area contributed by atoms with E-state index < -0.39 is 174 Å². The molecule has 0 aliphatic heterocycles. The van der Waals surface area contributed by atoms with E-state index in [1.165, 1.54) is 62.4 Å². The first-order valence-corrected chi connectivity index (χ1v) is 34.2. The molecule has 0 aliphatic carbocycles. The molecular formula is C67H94N18O16S2. The molecule has 0 unspecified atom stereocenters. The van der Waals surface area contributed by atoms with E-state index in [2.05, 4.69) is 88.7 Å². The molecule has 36 heteroatoms. The number of unbranched alkanes of at least 4 members (excludes halogenated alkanes) is 1. The van der Waals surface area contributed by atoms with Gasteiger partial charge in [-0.3, -0.25) is 57.5 Å². The van der Waals surface area contributed by atoms with E-state index in [9.17, 15) is 78.0 Å². The van der Waals surface area contributed by atoms with Gasteiger partial charge in [0, 0.05) is 73.9 Å². The zero-order valence-electron chi connectivity index (χ0n) is 56.7. The highest BCUT2D eigenvalue weighted by atomic mass is 32.1. The summed E-state index contributed by atoms with van der Waals surface area (Å²) in [6.45, 7) is 1.13. The topological polar surface area (TPSA) is 590 Å². The Labute approximate surface area is 604 Å². The number of amides is 12. The van der Waals surface area contributed by atoms with Crippen molar-refractivity contribution in [1.29, 1.82) is 0 Å². The molecule has 4 aromatic carbocycles. The molecule has 1 heterocycles. The number of nitrogens with two attached hydrogens (primary N) is 6. The number of aromatic nitrogens is 1. The number of carbonyl (C=O) groups is 12. The summed E-state index contributed by atoms with van der Waals surface area (Å²) in [6.07, 6.45) is -1.83. The minimum Gasteiger partial charge on any atom is -0.508 e. The molecule has 0 fully saturated rings. The summed E-state index contributed by atoms with van der Waals surface area (Å²) in [7, 11) is 0. The van der Waals surface area contributed by atoms with Crippen LogP contribution in [0.5, 0.6) is 11.5 Å². The summed E-state index contributed by atoms with van der Waals surface area (Å²) in [4.78, 5) is 170. The predicted molar refractivity (Wildman–Crippen MR) is 385 cm³/mol. The van der Waals surface area contributed by atoms with Gasteiger partial charge in [0.15, 0.2) is 0 Å². The van der Waals surface area contributed by atoms with Gasteiger partial charge in [-0.1, -0.05) is 72.8 Å². The molecule has 0 saturated heterocycles. The van der Waals surface area contributed by atoms with Gasteiger partial charge in [0.25, 0.3) is 0 Å². The van der Waals surface area contributed by atoms with Crippen molar-refractivity contribution >= 4 is 107 Å². The van der Waals surface area contributed by atoms with Gasteiger partial charge < -0.3 is 118 Å². The van der Waals surface area contributed by atoms with Crippen LogP contribution in [-0.4, -0.2) is 219 Å². The second kappa shape index (κ2) is 41.9. The van der Waals surface area contributed by atoms with Crippen molar-refractivity contribution in [3.63, 3.8) is 0 Å². The molecule has 14 atom stereocenters. The van der Waals surface area contributed by atoms with Crippen LogP contribution in [0.25, 0.3) is 10.9 Å². The fraction of sp³-hybridized carbons (Fsp3) is 0.433. The Kier molecular flexibility index (Phi) is 34.0. The van der Waals surface area contributed by atoms with Gasteiger partial charge in [-0.2, -0.15) is 25.3 Å². The summed E-state index contributed by atoms with van der Waals surface area (Å²) in [5.41, 5.74) is 37.3. The molecule has 28 N–H and O–H groups in total. The molecule has 1 aromatic heterocycles. The molecule has 5 rings (SSSR count). The first-order valence-electron chi connectivity index (χ1n) is 33.0. The number of rotatable bonds is 42. The van der Waals surface area contributed by atoms with E-state index >= 15 is 0 Å². The van der Waals surface area contributed by atoms with E-state index in [4.69, 9.17) is 34.4 Å². The molecule has 0 aliphatic rings. The number of phenolic OH excluding ortho intramolecular Hbond substituents is 2. The smallest absolute Gasteiger partial charge is 0.245 e. The highest BCUT2D eigenvalue weighted by Gasteiger charge is 2.38. The van der Waals surface area contributed by atoms with Gasteiger partial charge in [0.2, 0.25) is 70.9 Å². The molecular weight excluding hydrogens is 1380 g/mol. The average molecular weight is 1470 g/mol. The van der Waals surface area contributed by atoms with Crippen molar-refractivity contribution in [3.05, 3.63) is 132 Å². The maximum atomic E-state index is 15.0. The number of para-hydroxylation sites is 1. The SMILES string of the molecule is C[C@@H](O)[C@H](NC(=O)[C@H](CS)NC(=O)[C@@H](NC(=O)[C@H](CCCCN)NC(=O)[C@@H](Cc1c[nH]c2ccccc12)NC(=O)[C@H](Cc1ccccc1)NC(=O)[C@H](CS)NC(=O)[C@H](CN)NC(=O)[C@H](Cc1ccc(O)cc1)NC(=O)[C@H](CN)NC(=O)[C@H](Cc1ccc(O)cc1)NC(=O)[C@@H](N)CN)[C@@H](C)O)C(N)=O. The zero-order valence-corrected chi connectivity index (χ0v) is 58.5. The maximum Gasteiger partial charge on any atom is 0.245 e. The fourth-order valence-electron chi connectivity index (χ4n) is 10.5. The van der Waals surface area contributed by atoms with Crippen molar-refractivity contribution in [1.82, 2.24) is 63.5 Å². The highest BCUT2D eigenvalue weighted by Crippen LogP contribution is 2.21. The second-order valence-electron chi connectivity index (χ2n) is 24.4. The molecule has 12 amide bonds. The molecule has 0 spiro atoms. The molecule has 34 nitrogen and oxygen atoms in total. The zero-order chi connectivity index (χ0) is 76.0. The Morgan fingerprint density at radius 3 is 1.20 bits per heavy atom. The lowest BCUT2D eigenvalue weighted by Crippen LogP contribution is -2.63. The molecule has 5 aromatic rings. The van der Waals surface area contributed by atoms with Gasteiger partial charge in [-0.25, -0.2) is 0 Å². The third kappa shape index (κ3) is 26.1. The van der Waals surface area contributed by atoms with Gasteiger partial charge in [0.1, 0.15) is 78.0 Å². The number of hydrogen-bond acceptors (Lipinski definition) is 23. The fourth-order valence-corrected chi connectivity index (χ4v) is 11.0. The Morgan fingerprint density at radius 1 is 0.408 bits per heavy atom. The average Bonchev–Trinajstić information content (AvgIpc) is 1.74. The number of aromatic amines is 1. The van der Waals surface area contributed by atoms with Gasteiger partial charge in [-0.05, 0) is 92.2 Å². The highest BCUT2D eigenvalue weighted by molar-refractivity contribution is 7.80. The number of H-pyrrole nitrogens is 1. The van der Waals surface area contributed by atoms with Crippen molar-refractivity contribution in [2.24, 2.45) is 34.4 Å². The van der Waals surface area contributed by atoms with Crippen LogP contribution in [0.1, 0.15) is 55.4 Å². The van der Waals surface area contributed by atoms with E-state index in [0.717, 1.165) is 0 Å². The number of primary amides is 1. The van der Waals surface area contributed by atoms with Crippen molar-refractivity contribution in [2.75, 3.05) is 37.7 Å². The monoisotopic (exact) mass is 1470 g/mol. The summed E-state index contributed by atoms with van der Waals surface area (Å²) in [6, 6.07) is 8.41. The number of thiol groups is 2. The van der Waals surface area contributed by atoms with Crippen LogP contribution >= 0.6 is 25.3 Å². The van der Waals surface area contributed by atoms with Gasteiger partial charge in [-0.15, -0.1) is 0 Å². The van der Waals surface area contributed by atoms with E-state index in [-0.39, 0.29) is 68.9 Å². The van der Waals surface area contributed by atoms with Crippen LogP contribution in [0.3, 0.4) is 0 Å². The lowest BCUT2D eigenvalue weighted by atomic mass is 10.0. The number of carbonyl (C=O) groups excluding carboxylic acids is 12. The molecule has 0 bridgehead atoms. The number of benzene rings is 4. The van der Waals surface area contributed by atoms with Gasteiger partial charge >= 0.3 is 0 Å². The molecule has 0 radical (unpaired) electrons. The molecule has 560 valence electrons. The first-order chi connectivity index (χ1) is 49.0. The summed E-state index contributed by atoms with van der Waals surface area (Å²) in [5, 5.41) is 69.0. The summed E-state index contributed by atoms with van der Waals surface area (Å²) in [5.74, 6) is -12.7. The number of aliphatic hydroxyl groups is 2. The van der Waals surface area contributed by atoms with Crippen LogP contribution in [0.15, 0.2) is 109 Å². The minimum absolute atomic E-state index is 0.0710. The lowest BCUT2D eigenvalue weighted by molar-refractivity contribution is -0.137. The number of aliphatic hydroxyl groups excluding tert-OH is 2. The summed E-state index contributed by atoms with van der Waals surface area (Å²) >= 11 is 8.47. The largest absolute Gasteiger partial charge is 0.508 e. The Bertz CT molecular complexity index is 3690. The van der Waals surface area contributed by atoms with Crippen LogP contribution in [0, 0.1) is 0 Å². The van der Waals surface area contributed by atoms with Crippen molar-refractivity contribution in [2.45, 2.75) is 144 Å². The van der Waals surface area contributed by atoms with Crippen molar-refractivity contribution in [3.8, 4) is 11.5 Å². The van der Waals surface area contributed by atoms with Crippen LogP contribution in [0.4, 0.5) is 0 Å². The van der Waals surface area contributed by atoms with Gasteiger partial charge in [0.05, 0.1) is 18.2 Å². The molecule has 0 saturated carbocycles. The summed E-state index contributed by atoms with van der Waals surface area (Å²) < 4.78 is 0. The van der Waals surface area contributed by atoms with E-state index in [0.29, 0.717) is 39.6 Å². The van der Waals surface area contributed by atoms with Crippen LogP contribution in [0.2, 0.25) is 0 Å². The maximum absolute atomic E-state index is 15.0. The number of fused-ring (bicyclic) bond motifs is 1. The molecule has 103 heavy (non-hydrogen) atoms. The number of hydrogen-bond donors (Lipinski definition) is 24. The van der Waals surface area contributed by atoms with E-state index in [1.54, 1.807) is 60.8 Å². The number of phenols is 2. The third-order valence-electron chi connectivity index (χ3n) is 16.4. The number of nitrogens with one attached hydrogen (secondary N) is 12. The van der Waals surface area contributed by atoms with Crippen LogP contribution < -0.4 is 92.9 Å². The normalized spacial score (nSPS) is 15.3. The lowest BCUT2D eigenvalue weighted by Gasteiger charge is -2.29. The number of aromatic hydroxyl groups is 2. The van der Waals surface area contributed by atoms with Crippen LogP contribution in [-0.2, 0) is 83.2 Å². The predicted octanol–water partition coefficient (Wildman–Crippen LogP) is -6.38. The Hall–Kier alpha value is -9.92. The Balaban J connectivity index is 1.39. The quantitative estimate of drug-likeness (QED) is 0.0128. The first kappa shape index (κ1) is 83.7. The van der Waals surface area contributed by atoms with Crippen molar-refractivity contribution < 1.29 is 78.0 Å².